The number of aromatic nitrogens is 3. The molecule has 0 bridgehead atoms. The van der Waals surface area contributed by atoms with Crippen LogP contribution in [0.5, 0.6) is 0 Å². The lowest BCUT2D eigenvalue weighted by atomic mass is 10.0. The Labute approximate surface area is 157 Å². The normalized spacial score (nSPS) is 12.4. The average molecular weight is 382 g/mol. The summed E-state index contributed by atoms with van der Waals surface area (Å²) in [7, 11) is 0. The number of carbonyl (C=O) groups is 1. The summed E-state index contributed by atoms with van der Waals surface area (Å²) in [6.45, 7) is 6.37. The Morgan fingerprint density at radius 2 is 2.00 bits per heavy atom. The number of nitrogen functional groups attached to an aromatic ring is 1. The van der Waals surface area contributed by atoms with Gasteiger partial charge in [-0.25, -0.2) is 4.68 Å². The smallest absolute Gasteiger partial charge is 0.230 e. The van der Waals surface area contributed by atoms with E-state index >= 15 is 0 Å². The van der Waals surface area contributed by atoms with Crippen molar-refractivity contribution in [2.45, 2.75) is 44.8 Å². The van der Waals surface area contributed by atoms with Crippen molar-refractivity contribution in [1.82, 2.24) is 20.2 Å². The number of rotatable bonds is 8. The second-order valence-corrected chi connectivity index (χ2v) is 7.73. The fourth-order valence-corrected chi connectivity index (χ4v) is 3.19. The minimum Gasteiger partial charge on any atom is -0.353 e. The number of nitrogens with two attached hydrogens (primary N) is 1. The van der Waals surface area contributed by atoms with Gasteiger partial charge in [0.2, 0.25) is 11.1 Å². The Bertz CT molecular complexity index is 719. The molecule has 1 heterocycles. The molecule has 136 valence electrons. The maximum atomic E-state index is 12.1. The molecule has 3 N–H and O–H groups in total. The monoisotopic (exact) mass is 381 g/mol. The molecule has 1 aromatic carbocycles. The molecule has 6 nitrogen and oxygen atoms in total. The highest BCUT2D eigenvalue weighted by atomic mass is 35.5. The van der Waals surface area contributed by atoms with Crippen LogP contribution in [0.2, 0.25) is 5.02 Å². The van der Waals surface area contributed by atoms with E-state index < -0.39 is 0 Å². The SMILES string of the molecule is CC(C)CC[C@H](C)NC(=O)CSc1nnc(-c2ccccc2Cl)n1N. The summed E-state index contributed by atoms with van der Waals surface area (Å²) in [4.78, 5) is 12.1. The van der Waals surface area contributed by atoms with Crippen molar-refractivity contribution in [3.63, 3.8) is 0 Å². The van der Waals surface area contributed by atoms with Crippen LogP contribution in [0.3, 0.4) is 0 Å². The predicted molar refractivity (Wildman–Crippen MR) is 103 cm³/mol. The molecule has 0 fully saturated rings. The molecule has 0 saturated carbocycles. The van der Waals surface area contributed by atoms with Gasteiger partial charge in [-0.3, -0.25) is 4.79 Å². The van der Waals surface area contributed by atoms with Crippen LogP contribution in [0.15, 0.2) is 29.4 Å². The van der Waals surface area contributed by atoms with E-state index in [-0.39, 0.29) is 17.7 Å². The lowest BCUT2D eigenvalue weighted by molar-refractivity contribution is -0.119. The standard InChI is InChI=1S/C17H24ClN5OS/c1-11(2)8-9-12(3)20-15(24)10-25-17-22-21-16(23(17)19)13-6-4-5-7-14(13)18/h4-7,11-12H,8-10,19H2,1-3H3,(H,20,24)/t12-/m0/s1. The molecule has 2 rings (SSSR count). The zero-order valence-electron chi connectivity index (χ0n) is 14.7. The maximum Gasteiger partial charge on any atom is 0.230 e. The largest absolute Gasteiger partial charge is 0.353 e. The Morgan fingerprint density at radius 1 is 1.28 bits per heavy atom. The average Bonchev–Trinajstić information content (AvgIpc) is 2.92. The first-order valence-electron chi connectivity index (χ1n) is 8.26. The van der Waals surface area contributed by atoms with Crippen molar-refractivity contribution in [2.75, 3.05) is 11.6 Å². The molecule has 0 saturated heterocycles. The Balaban J connectivity index is 1.92. The van der Waals surface area contributed by atoms with Gasteiger partial charge in [0, 0.05) is 11.6 Å². The first-order valence-corrected chi connectivity index (χ1v) is 9.62. The number of carbonyl (C=O) groups excluding carboxylic acids is 1. The third-order valence-electron chi connectivity index (χ3n) is 3.70. The highest BCUT2D eigenvalue weighted by Crippen LogP contribution is 2.27. The Morgan fingerprint density at radius 3 is 2.68 bits per heavy atom. The molecule has 0 spiro atoms. The minimum absolute atomic E-state index is 0.0384. The fourth-order valence-electron chi connectivity index (χ4n) is 2.30. The van der Waals surface area contributed by atoms with Crippen LogP contribution in [0.25, 0.3) is 11.4 Å². The summed E-state index contributed by atoms with van der Waals surface area (Å²) in [5.41, 5.74) is 0.706. The lowest BCUT2D eigenvalue weighted by Crippen LogP contribution is -2.34. The zero-order chi connectivity index (χ0) is 18.4. The molecule has 1 atom stereocenters. The third kappa shape index (κ3) is 5.64. The highest BCUT2D eigenvalue weighted by molar-refractivity contribution is 7.99. The van der Waals surface area contributed by atoms with E-state index in [9.17, 15) is 4.79 Å². The van der Waals surface area contributed by atoms with Crippen LogP contribution in [0.4, 0.5) is 0 Å². The van der Waals surface area contributed by atoms with Crippen LogP contribution >= 0.6 is 23.4 Å². The first kappa shape index (κ1) is 19.6. The topological polar surface area (TPSA) is 85.8 Å². The molecule has 0 aliphatic heterocycles. The number of nitrogens with zero attached hydrogens (tertiary/aromatic N) is 3. The van der Waals surface area contributed by atoms with Gasteiger partial charge in [0.25, 0.3) is 0 Å². The van der Waals surface area contributed by atoms with Crippen LogP contribution in [-0.4, -0.2) is 32.6 Å². The molecule has 8 heteroatoms. The number of thioether (sulfide) groups is 1. The summed E-state index contributed by atoms with van der Waals surface area (Å²) in [5, 5.41) is 12.2. The van der Waals surface area contributed by atoms with E-state index in [1.165, 1.54) is 16.4 Å². The summed E-state index contributed by atoms with van der Waals surface area (Å²) in [6, 6.07) is 7.44. The van der Waals surface area contributed by atoms with E-state index in [0.717, 1.165) is 12.8 Å². The molecular weight excluding hydrogens is 358 g/mol. The van der Waals surface area contributed by atoms with Crippen molar-refractivity contribution in [3.8, 4) is 11.4 Å². The summed E-state index contributed by atoms with van der Waals surface area (Å²) < 4.78 is 1.36. The van der Waals surface area contributed by atoms with E-state index in [1.54, 1.807) is 6.07 Å². The zero-order valence-corrected chi connectivity index (χ0v) is 16.3. The van der Waals surface area contributed by atoms with E-state index in [0.29, 0.717) is 27.5 Å². The van der Waals surface area contributed by atoms with Gasteiger partial charge in [-0.05, 0) is 37.8 Å². The number of benzene rings is 1. The van der Waals surface area contributed by atoms with Crippen LogP contribution < -0.4 is 11.2 Å². The lowest BCUT2D eigenvalue weighted by Gasteiger charge is -2.14. The second-order valence-electron chi connectivity index (χ2n) is 6.38. The van der Waals surface area contributed by atoms with Crippen molar-refractivity contribution < 1.29 is 4.79 Å². The number of hydrogen-bond acceptors (Lipinski definition) is 5. The van der Waals surface area contributed by atoms with E-state index in [1.807, 2.05) is 25.1 Å². The number of hydrogen-bond donors (Lipinski definition) is 2. The van der Waals surface area contributed by atoms with Crippen molar-refractivity contribution in [2.24, 2.45) is 5.92 Å². The number of halogens is 1. The molecule has 0 aliphatic rings. The molecule has 0 unspecified atom stereocenters. The summed E-state index contributed by atoms with van der Waals surface area (Å²) >= 11 is 7.42. The van der Waals surface area contributed by atoms with Gasteiger partial charge in [0.1, 0.15) is 0 Å². The van der Waals surface area contributed by atoms with Crippen LogP contribution in [0, 0.1) is 5.92 Å². The van der Waals surface area contributed by atoms with Crippen molar-refractivity contribution >= 4 is 29.3 Å². The van der Waals surface area contributed by atoms with Gasteiger partial charge >= 0.3 is 0 Å². The molecule has 2 aromatic rings. The molecule has 25 heavy (non-hydrogen) atoms. The third-order valence-corrected chi connectivity index (χ3v) is 4.97. The molecule has 0 radical (unpaired) electrons. The Hall–Kier alpha value is -1.73. The maximum absolute atomic E-state index is 12.1. The van der Waals surface area contributed by atoms with E-state index in [4.69, 9.17) is 17.4 Å². The fraction of sp³-hybridized carbons (Fsp3) is 0.471. The number of amides is 1. The van der Waals surface area contributed by atoms with Gasteiger partial charge < -0.3 is 11.2 Å². The highest BCUT2D eigenvalue weighted by Gasteiger charge is 2.16. The van der Waals surface area contributed by atoms with Gasteiger partial charge in [0.15, 0.2) is 5.82 Å². The predicted octanol–water partition coefficient (Wildman–Crippen LogP) is 3.35. The second kappa shape index (κ2) is 9.10. The van der Waals surface area contributed by atoms with Gasteiger partial charge in [-0.2, -0.15) is 0 Å². The van der Waals surface area contributed by atoms with Crippen molar-refractivity contribution in [3.05, 3.63) is 29.3 Å². The van der Waals surface area contributed by atoms with E-state index in [2.05, 4.69) is 29.4 Å². The van der Waals surface area contributed by atoms with Gasteiger partial charge in [-0.1, -0.05) is 49.3 Å². The minimum atomic E-state index is -0.0384. The van der Waals surface area contributed by atoms with Crippen LogP contribution in [0.1, 0.15) is 33.6 Å². The van der Waals surface area contributed by atoms with Gasteiger partial charge in [-0.15, -0.1) is 10.2 Å². The molecule has 1 amide bonds. The molecule has 1 aromatic heterocycles. The summed E-state index contributed by atoms with van der Waals surface area (Å²) in [6.07, 6.45) is 2.06. The van der Waals surface area contributed by atoms with Gasteiger partial charge in [0.05, 0.1) is 10.8 Å². The van der Waals surface area contributed by atoms with Crippen LogP contribution in [-0.2, 0) is 4.79 Å². The molecule has 0 aliphatic carbocycles. The quantitative estimate of drug-likeness (QED) is 0.541. The first-order chi connectivity index (χ1) is 11.9. The molecular formula is C17H24ClN5OS. The summed E-state index contributed by atoms with van der Waals surface area (Å²) in [5.74, 6) is 7.36. The Kier molecular flexibility index (Phi) is 7.13. The number of nitrogens with one attached hydrogen (secondary N) is 1. The van der Waals surface area contributed by atoms with Crippen molar-refractivity contribution in [1.29, 1.82) is 0 Å².